The lowest BCUT2D eigenvalue weighted by atomic mass is 10.0. The molecule has 0 spiro atoms. The molecule has 16 nitrogen and oxygen atoms in total. The molecule has 0 saturated heterocycles. The minimum absolute atomic E-state index is 0.0439. The van der Waals surface area contributed by atoms with E-state index in [1.54, 1.807) is 130 Å². The van der Waals surface area contributed by atoms with Gasteiger partial charge >= 0.3 is 11.9 Å². The normalized spacial score (nSPS) is 10.9. The average molecular weight is 1290 g/mol. The molecule has 2 heterocycles. The Morgan fingerprint density at radius 3 is 1.25 bits per heavy atom. The van der Waals surface area contributed by atoms with Crippen LogP contribution < -0.4 is 29.6 Å². The van der Waals surface area contributed by atoms with E-state index in [0.29, 0.717) is 77.0 Å². The van der Waals surface area contributed by atoms with Gasteiger partial charge in [0.1, 0.15) is 40.0 Å². The van der Waals surface area contributed by atoms with E-state index in [4.69, 9.17) is 98.4 Å². The fourth-order valence-corrected chi connectivity index (χ4v) is 9.31. The first-order chi connectivity index (χ1) is 41.7. The fraction of sp³-hybridized carbons (Fsp3) is 0.169. The first-order valence-corrected chi connectivity index (χ1v) is 29.2. The van der Waals surface area contributed by atoms with E-state index in [9.17, 15) is 19.2 Å². The Labute approximate surface area is 531 Å². The zero-order valence-corrected chi connectivity index (χ0v) is 51.9. The number of hydrogen-bond donors (Lipinski definition) is 3. The second-order valence-electron chi connectivity index (χ2n) is 19.9. The third-order valence-electron chi connectivity index (χ3n) is 12.8. The standard InChI is InChI=1S/C34H31Cl2N3O5.C30H23Cl2N3O5.CH2Cl2/c1-34(2,3)44-31(40)15-16-37-33(41)21-7-11-26(12-8-21)43-30-20-38-39(25-10-14-28(35)29(36)19-25)32(30)24-6-5-23-18-27(42-4)13-9-22(23)17-24;1-39-24-10-6-19-14-21(3-2-20(19)15-24)29-27(17-34-35(29)22-7-11-25(31)26(32)16-22)40-23-8-4-18(5-9-23)30(38)33-13-12-28(36)37;2-1-3/h5-14,17-20H,15-16H2,1-4H3,(H,37,41);2-11,14-17H,12-13H2,1H3,(H,33,38)(H,36,37);1H2. The van der Waals surface area contributed by atoms with Gasteiger partial charge in [-0.2, -0.15) is 10.2 Å². The molecule has 8 aromatic carbocycles. The zero-order chi connectivity index (χ0) is 62.4. The van der Waals surface area contributed by atoms with Gasteiger partial charge in [0.05, 0.1) is 76.3 Å². The second-order valence-corrected chi connectivity index (χ2v) is 22.4. The molecule has 448 valence electrons. The quantitative estimate of drug-likeness (QED) is 0.0544. The van der Waals surface area contributed by atoms with E-state index in [-0.39, 0.29) is 49.1 Å². The molecule has 0 radical (unpaired) electrons. The SMILES string of the molecule is COc1ccc2cc(-c3c(Oc4ccc(C(=O)NCCC(=O)O)cc4)cnn3-c3ccc(Cl)c(Cl)c3)ccc2c1.COc1ccc2cc(-c3c(Oc4ccc(C(=O)NCCC(=O)OC(C)(C)C)cc4)cnn3-c3ccc(Cl)c(Cl)c3)ccc2c1.ClCCl. The Bertz CT molecular complexity index is 4100. The third-order valence-corrected chi connectivity index (χ3v) is 14.2. The van der Waals surface area contributed by atoms with E-state index in [2.05, 4.69) is 26.9 Å². The highest BCUT2D eigenvalue weighted by Crippen LogP contribution is 2.40. The van der Waals surface area contributed by atoms with Gasteiger partial charge in [-0.3, -0.25) is 19.2 Å². The number of hydrogen-bond acceptors (Lipinski definition) is 11. The van der Waals surface area contributed by atoms with Crippen molar-refractivity contribution in [2.45, 2.75) is 39.2 Å². The number of aliphatic carboxylic acids is 1. The first kappa shape index (κ1) is 64.5. The summed E-state index contributed by atoms with van der Waals surface area (Å²) in [4.78, 5) is 47.6. The van der Waals surface area contributed by atoms with Gasteiger partial charge < -0.3 is 39.4 Å². The number of nitrogens with zero attached hydrogens (tertiary/aromatic N) is 4. The van der Waals surface area contributed by atoms with Crippen molar-refractivity contribution >= 4 is 115 Å². The molecule has 0 aliphatic rings. The number of carbonyl (C=O) groups excluding carboxylic acids is 3. The number of methoxy groups -OCH3 is 2. The maximum absolute atomic E-state index is 12.6. The van der Waals surface area contributed by atoms with Gasteiger partial charge in [0.15, 0.2) is 11.5 Å². The van der Waals surface area contributed by atoms with Crippen molar-refractivity contribution in [3.05, 3.63) is 201 Å². The molecular weight excluding hydrogens is 1240 g/mol. The number of amides is 2. The summed E-state index contributed by atoms with van der Waals surface area (Å²) in [6.45, 7) is 5.61. The molecule has 0 atom stereocenters. The lowest BCUT2D eigenvalue weighted by Crippen LogP contribution is -2.29. The van der Waals surface area contributed by atoms with Gasteiger partial charge in [0, 0.05) is 35.3 Å². The summed E-state index contributed by atoms with van der Waals surface area (Å²) in [5.74, 6) is 1.50. The van der Waals surface area contributed by atoms with Crippen molar-refractivity contribution in [3.63, 3.8) is 0 Å². The molecule has 2 amide bonds. The maximum atomic E-state index is 12.6. The van der Waals surface area contributed by atoms with Crippen LogP contribution in [-0.4, -0.2) is 86.7 Å². The number of nitrogens with one attached hydrogen (secondary N) is 2. The van der Waals surface area contributed by atoms with Crippen LogP contribution in [0.15, 0.2) is 170 Å². The molecule has 10 aromatic rings. The monoisotopic (exact) mass is 1290 g/mol. The van der Waals surface area contributed by atoms with Crippen LogP contribution in [0.4, 0.5) is 0 Å². The van der Waals surface area contributed by atoms with E-state index < -0.39 is 11.6 Å². The minimum atomic E-state index is -0.979. The fourth-order valence-electron chi connectivity index (χ4n) is 8.73. The number of halogens is 6. The summed E-state index contributed by atoms with van der Waals surface area (Å²) in [6.07, 6.45) is 3.18. The molecular formula is C65H56Cl6N6O10. The second kappa shape index (κ2) is 29.8. The Hall–Kier alpha value is -8.48. The van der Waals surface area contributed by atoms with Crippen molar-refractivity contribution in [1.82, 2.24) is 30.2 Å². The summed E-state index contributed by atoms with van der Waals surface area (Å²) in [5, 5.41) is 29.2. The van der Waals surface area contributed by atoms with Crippen LogP contribution in [0, 0.1) is 0 Å². The summed E-state index contributed by atoms with van der Waals surface area (Å²) in [6, 6.07) is 47.6. The molecule has 0 aliphatic carbocycles. The summed E-state index contributed by atoms with van der Waals surface area (Å²) >= 11 is 34.5. The van der Waals surface area contributed by atoms with E-state index >= 15 is 0 Å². The van der Waals surface area contributed by atoms with Crippen molar-refractivity contribution in [1.29, 1.82) is 0 Å². The molecule has 0 unspecified atom stereocenters. The number of alkyl halides is 2. The Kier molecular flexibility index (Phi) is 22.1. The summed E-state index contributed by atoms with van der Waals surface area (Å²) < 4.78 is 32.0. The first-order valence-electron chi connectivity index (χ1n) is 26.7. The van der Waals surface area contributed by atoms with Gasteiger partial charge in [0.2, 0.25) is 0 Å². The largest absolute Gasteiger partial charge is 0.497 e. The lowest BCUT2D eigenvalue weighted by molar-refractivity contribution is -0.154. The van der Waals surface area contributed by atoms with E-state index in [1.165, 1.54) is 0 Å². The average Bonchev–Trinajstić information content (AvgIpc) is 1.96. The summed E-state index contributed by atoms with van der Waals surface area (Å²) in [5.41, 5.74) is 4.74. The Balaban J connectivity index is 0.000000217. The number of benzene rings is 8. The number of esters is 1. The molecule has 22 heteroatoms. The molecule has 2 aromatic heterocycles. The Morgan fingerprint density at radius 2 is 0.874 bits per heavy atom. The van der Waals surface area contributed by atoms with Crippen molar-refractivity contribution in [2.24, 2.45) is 0 Å². The van der Waals surface area contributed by atoms with Crippen LogP contribution in [-0.2, 0) is 14.3 Å². The number of rotatable bonds is 18. The van der Waals surface area contributed by atoms with Crippen LogP contribution in [0.5, 0.6) is 34.5 Å². The molecule has 0 aliphatic heterocycles. The molecule has 0 bridgehead atoms. The maximum Gasteiger partial charge on any atom is 0.308 e. The van der Waals surface area contributed by atoms with Crippen LogP contribution in [0.1, 0.15) is 54.3 Å². The van der Waals surface area contributed by atoms with E-state index in [1.807, 2.05) is 78.9 Å². The molecule has 0 fully saturated rings. The topological polar surface area (TPSA) is 194 Å². The molecule has 0 saturated carbocycles. The number of ether oxygens (including phenoxy) is 5. The highest BCUT2D eigenvalue weighted by molar-refractivity contribution is 6.42. The number of carbonyl (C=O) groups is 4. The lowest BCUT2D eigenvalue weighted by Gasteiger charge is -2.19. The molecule has 3 N–H and O–H groups in total. The number of fused-ring (bicyclic) bond motifs is 2. The van der Waals surface area contributed by atoms with Gasteiger partial charge in [-0.15, -0.1) is 23.2 Å². The zero-order valence-electron chi connectivity index (χ0n) is 47.4. The van der Waals surface area contributed by atoms with Gasteiger partial charge in [-0.1, -0.05) is 82.8 Å². The van der Waals surface area contributed by atoms with Crippen LogP contribution in [0.3, 0.4) is 0 Å². The van der Waals surface area contributed by atoms with Crippen molar-refractivity contribution in [3.8, 4) is 68.4 Å². The Morgan fingerprint density at radius 1 is 0.494 bits per heavy atom. The van der Waals surface area contributed by atoms with Crippen LogP contribution in [0.25, 0.3) is 55.4 Å². The van der Waals surface area contributed by atoms with Crippen molar-refractivity contribution in [2.75, 3.05) is 32.6 Å². The number of carboxylic acid groups (broad SMARTS) is 1. The van der Waals surface area contributed by atoms with E-state index in [0.717, 1.165) is 44.2 Å². The van der Waals surface area contributed by atoms with Gasteiger partial charge in [0.25, 0.3) is 11.8 Å². The minimum Gasteiger partial charge on any atom is -0.497 e. The number of aromatic nitrogens is 4. The smallest absolute Gasteiger partial charge is 0.308 e. The van der Waals surface area contributed by atoms with Gasteiger partial charge in [-0.25, -0.2) is 9.36 Å². The predicted molar refractivity (Wildman–Crippen MR) is 343 cm³/mol. The molecule has 87 heavy (non-hydrogen) atoms. The highest BCUT2D eigenvalue weighted by Gasteiger charge is 2.22. The predicted octanol–water partition coefficient (Wildman–Crippen LogP) is 16.7. The molecule has 10 rings (SSSR count). The van der Waals surface area contributed by atoms with Crippen LogP contribution >= 0.6 is 69.6 Å². The van der Waals surface area contributed by atoms with Crippen molar-refractivity contribution < 1.29 is 48.0 Å². The summed E-state index contributed by atoms with van der Waals surface area (Å²) in [7, 11) is 3.27. The third kappa shape index (κ3) is 17.2. The van der Waals surface area contributed by atoms with Crippen LogP contribution in [0.2, 0.25) is 20.1 Å². The van der Waals surface area contributed by atoms with Gasteiger partial charge in [-0.05, 0) is 164 Å². The highest BCUT2D eigenvalue weighted by atomic mass is 35.5. The number of carboxylic acids is 1.